The van der Waals surface area contributed by atoms with E-state index < -0.39 is 29.0 Å². The average Bonchev–Trinajstić information content (AvgIpc) is 2.47. The molecule has 0 bridgehead atoms. The Bertz CT molecular complexity index is 620. The van der Waals surface area contributed by atoms with E-state index in [0.717, 1.165) is 0 Å². The molecule has 2 aromatic rings. The van der Waals surface area contributed by atoms with Crippen molar-refractivity contribution in [3.63, 3.8) is 0 Å². The molecular weight excluding hydrogens is 286 g/mol. The Balaban J connectivity index is 2.25. The van der Waals surface area contributed by atoms with Crippen LogP contribution in [-0.2, 0) is 6.54 Å². The lowest BCUT2D eigenvalue weighted by Crippen LogP contribution is -2.08. The Morgan fingerprint density at radius 3 is 2.24 bits per heavy atom. The zero-order valence-electron chi connectivity index (χ0n) is 11.2. The van der Waals surface area contributed by atoms with E-state index in [1.54, 1.807) is 31.2 Å². The number of hydrogen-bond donors (Lipinski definition) is 1. The van der Waals surface area contributed by atoms with Crippen LogP contribution in [0.15, 0.2) is 30.3 Å². The van der Waals surface area contributed by atoms with Crippen molar-refractivity contribution in [3.05, 3.63) is 59.2 Å². The molecule has 0 unspecified atom stereocenters. The van der Waals surface area contributed by atoms with Crippen LogP contribution in [0.2, 0.25) is 0 Å². The minimum atomic E-state index is -1.46. The van der Waals surface area contributed by atoms with Gasteiger partial charge in [0.05, 0.1) is 6.61 Å². The maximum absolute atomic E-state index is 13.5. The van der Waals surface area contributed by atoms with Gasteiger partial charge in [-0.15, -0.1) is 0 Å². The summed E-state index contributed by atoms with van der Waals surface area (Å²) >= 11 is 0. The van der Waals surface area contributed by atoms with Gasteiger partial charge in [-0.2, -0.15) is 0 Å². The summed E-state index contributed by atoms with van der Waals surface area (Å²) in [5, 5.41) is 2.37. The van der Waals surface area contributed by atoms with Crippen LogP contribution in [-0.4, -0.2) is 6.61 Å². The highest BCUT2D eigenvalue weighted by molar-refractivity contribution is 5.48. The maximum Gasteiger partial charge on any atom is 0.185 e. The topological polar surface area (TPSA) is 21.3 Å². The normalized spacial score (nSPS) is 10.5. The van der Waals surface area contributed by atoms with E-state index in [-0.39, 0.29) is 12.6 Å². The summed E-state index contributed by atoms with van der Waals surface area (Å²) in [4.78, 5) is 0. The largest absolute Gasteiger partial charge is 0.494 e. The Morgan fingerprint density at radius 2 is 1.62 bits per heavy atom. The average molecular weight is 299 g/mol. The van der Waals surface area contributed by atoms with Gasteiger partial charge in [0.25, 0.3) is 0 Å². The molecule has 0 spiro atoms. The highest BCUT2D eigenvalue weighted by Gasteiger charge is 2.19. The lowest BCUT2D eigenvalue weighted by Gasteiger charge is -2.13. The summed E-state index contributed by atoms with van der Waals surface area (Å²) in [6, 6.07) is 7.02. The number of anilines is 1. The van der Waals surface area contributed by atoms with Gasteiger partial charge < -0.3 is 10.1 Å². The molecule has 6 heteroatoms. The number of ether oxygens (including phenoxy) is 1. The highest BCUT2D eigenvalue weighted by atomic mass is 19.2. The van der Waals surface area contributed by atoms with Crippen LogP contribution in [0.3, 0.4) is 0 Å². The monoisotopic (exact) mass is 299 g/mol. The zero-order valence-corrected chi connectivity index (χ0v) is 11.2. The number of benzene rings is 2. The first-order valence-corrected chi connectivity index (χ1v) is 6.32. The quantitative estimate of drug-likeness (QED) is 0.658. The fourth-order valence-corrected chi connectivity index (χ4v) is 1.86. The van der Waals surface area contributed by atoms with E-state index in [1.165, 1.54) is 0 Å². The Labute approximate surface area is 119 Å². The number of halogens is 4. The van der Waals surface area contributed by atoms with E-state index in [4.69, 9.17) is 4.74 Å². The van der Waals surface area contributed by atoms with Crippen molar-refractivity contribution in [1.29, 1.82) is 0 Å². The molecule has 2 aromatic carbocycles. The number of hydrogen-bond acceptors (Lipinski definition) is 2. The summed E-state index contributed by atoms with van der Waals surface area (Å²) in [7, 11) is 0. The standard InChI is InChI=1S/C15H13F4NO/c1-2-21-12-6-4-3-5-9(12)8-20-15-13(18)10(16)7-11(17)14(15)19/h3-7,20H,2,8H2,1H3. The van der Waals surface area contributed by atoms with Crippen molar-refractivity contribution in [2.24, 2.45) is 0 Å². The van der Waals surface area contributed by atoms with Crippen molar-refractivity contribution in [2.75, 3.05) is 11.9 Å². The van der Waals surface area contributed by atoms with Crippen molar-refractivity contribution < 1.29 is 22.3 Å². The maximum atomic E-state index is 13.5. The van der Waals surface area contributed by atoms with Crippen molar-refractivity contribution in [2.45, 2.75) is 13.5 Å². The molecule has 0 saturated carbocycles. The first-order chi connectivity index (χ1) is 10.0. The molecular formula is C15H13F4NO. The molecule has 112 valence electrons. The van der Waals surface area contributed by atoms with Gasteiger partial charge in [0.15, 0.2) is 23.3 Å². The van der Waals surface area contributed by atoms with Gasteiger partial charge in [0.2, 0.25) is 0 Å². The zero-order chi connectivity index (χ0) is 15.4. The molecule has 0 aliphatic rings. The van der Waals surface area contributed by atoms with E-state index in [2.05, 4.69) is 5.32 Å². The molecule has 2 rings (SSSR count). The third-order valence-electron chi connectivity index (χ3n) is 2.84. The van der Waals surface area contributed by atoms with E-state index in [0.29, 0.717) is 17.9 Å². The molecule has 0 aromatic heterocycles. The molecule has 2 nitrogen and oxygen atoms in total. The molecule has 21 heavy (non-hydrogen) atoms. The highest BCUT2D eigenvalue weighted by Crippen LogP contribution is 2.26. The predicted octanol–water partition coefficient (Wildman–Crippen LogP) is 4.25. The van der Waals surface area contributed by atoms with Crippen LogP contribution < -0.4 is 10.1 Å². The van der Waals surface area contributed by atoms with Crippen LogP contribution in [0.1, 0.15) is 12.5 Å². The summed E-state index contributed by atoms with van der Waals surface area (Å²) in [6.07, 6.45) is 0. The fourth-order valence-electron chi connectivity index (χ4n) is 1.86. The van der Waals surface area contributed by atoms with Crippen molar-refractivity contribution >= 4 is 5.69 Å². The van der Waals surface area contributed by atoms with Gasteiger partial charge in [-0.1, -0.05) is 18.2 Å². The molecule has 0 fully saturated rings. The number of rotatable bonds is 5. The van der Waals surface area contributed by atoms with E-state index in [9.17, 15) is 17.6 Å². The second kappa shape index (κ2) is 6.47. The van der Waals surface area contributed by atoms with Gasteiger partial charge in [-0.25, -0.2) is 17.6 Å². The van der Waals surface area contributed by atoms with Crippen LogP contribution in [0.25, 0.3) is 0 Å². The van der Waals surface area contributed by atoms with E-state index in [1.807, 2.05) is 0 Å². The first kappa shape index (κ1) is 15.2. The van der Waals surface area contributed by atoms with Gasteiger partial charge in [0.1, 0.15) is 11.4 Å². The molecule has 0 saturated heterocycles. The minimum absolute atomic E-state index is 0.0348. The number of para-hydroxylation sites is 1. The summed E-state index contributed by atoms with van der Waals surface area (Å²) in [5.41, 5.74) is -0.221. The molecule has 0 atom stereocenters. The first-order valence-electron chi connectivity index (χ1n) is 6.32. The number of nitrogens with one attached hydrogen (secondary N) is 1. The van der Waals surface area contributed by atoms with Gasteiger partial charge in [-0.3, -0.25) is 0 Å². The van der Waals surface area contributed by atoms with E-state index >= 15 is 0 Å². The minimum Gasteiger partial charge on any atom is -0.494 e. The Morgan fingerprint density at radius 1 is 1.00 bits per heavy atom. The SMILES string of the molecule is CCOc1ccccc1CNc1c(F)c(F)cc(F)c1F. The summed E-state index contributed by atoms with van der Waals surface area (Å²) in [6.45, 7) is 2.19. The molecule has 0 aliphatic carbocycles. The molecule has 0 aliphatic heterocycles. The van der Waals surface area contributed by atoms with Crippen LogP contribution >= 0.6 is 0 Å². The molecule has 0 radical (unpaired) electrons. The third-order valence-corrected chi connectivity index (χ3v) is 2.84. The smallest absolute Gasteiger partial charge is 0.185 e. The second-order valence-corrected chi connectivity index (χ2v) is 4.24. The van der Waals surface area contributed by atoms with Gasteiger partial charge >= 0.3 is 0 Å². The molecule has 1 N–H and O–H groups in total. The fraction of sp³-hybridized carbons (Fsp3) is 0.200. The summed E-state index contributed by atoms with van der Waals surface area (Å²) in [5.74, 6) is -5.28. The van der Waals surface area contributed by atoms with Crippen molar-refractivity contribution in [1.82, 2.24) is 0 Å². The van der Waals surface area contributed by atoms with Crippen LogP contribution in [0.4, 0.5) is 23.2 Å². The van der Waals surface area contributed by atoms with Crippen LogP contribution in [0.5, 0.6) is 5.75 Å². The second-order valence-electron chi connectivity index (χ2n) is 4.24. The predicted molar refractivity (Wildman–Crippen MR) is 71.2 cm³/mol. The third kappa shape index (κ3) is 3.26. The molecule has 0 heterocycles. The molecule has 0 amide bonds. The lowest BCUT2D eigenvalue weighted by atomic mass is 10.2. The van der Waals surface area contributed by atoms with Crippen LogP contribution in [0, 0.1) is 23.3 Å². The van der Waals surface area contributed by atoms with Gasteiger partial charge in [0, 0.05) is 18.2 Å². The summed E-state index contributed by atoms with van der Waals surface area (Å²) < 4.78 is 58.6. The van der Waals surface area contributed by atoms with Gasteiger partial charge in [-0.05, 0) is 13.0 Å². The lowest BCUT2D eigenvalue weighted by molar-refractivity contribution is 0.337. The van der Waals surface area contributed by atoms with Crippen molar-refractivity contribution in [3.8, 4) is 5.75 Å². The Hall–Kier alpha value is -2.24. The Kier molecular flexibility index (Phi) is 4.67.